The van der Waals surface area contributed by atoms with Crippen molar-refractivity contribution in [2.45, 2.75) is 58.5 Å². The second-order valence-corrected chi connectivity index (χ2v) is 4.54. The van der Waals surface area contributed by atoms with Crippen molar-refractivity contribution in [2.24, 2.45) is 5.84 Å². The van der Waals surface area contributed by atoms with Gasteiger partial charge in [-0.1, -0.05) is 33.1 Å². The number of aryl methyl sites for hydroxylation is 1. The summed E-state index contributed by atoms with van der Waals surface area (Å²) >= 11 is 0. The molecule has 0 fully saturated rings. The maximum Gasteiger partial charge on any atom is 0.161 e. The molecule has 0 aliphatic heterocycles. The lowest BCUT2D eigenvalue weighted by molar-refractivity contribution is 0.381. The molecule has 0 aliphatic carbocycles. The Bertz CT molecular complexity index is 338. The number of nitrogens with one attached hydrogen (secondary N) is 1. The molecule has 1 heterocycles. The number of rotatable bonds is 9. The average Bonchev–Trinajstić information content (AvgIpc) is 2.78. The zero-order valence-corrected chi connectivity index (χ0v) is 11.8. The summed E-state index contributed by atoms with van der Waals surface area (Å²) in [6.07, 6.45) is 7.42. The summed E-state index contributed by atoms with van der Waals surface area (Å²) in [4.78, 5) is 0. The van der Waals surface area contributed by atoms with Crippen LogP contribution in [0, 0.1) is 0 Å². The standard InChI is InChI=1S/C13H26N4O/c1-4-6-7-8-11(16-14)13-12(18-3)10-15-17(13)9-5-2/h10-11,16H,4-9,14H2,1-3H3. The summed E-state index contributed by atoms with van der Waals surface area (Å²) in [5, 5.41) is 4.37. The molecule has 1 atom stereocenters. The van der Waals surface area contributed by atoms with Crippen LogP contribution in [-0.4, -0.2) is 16.9 Å². The molecule has 18 heavy (non-hydrogen) atoms. The Morgan fingerprint density at radius 2 is 2.17 bits per heavy atom. The first-order valence-corrected chi connectivity index (χ1v) is 6.84. The third-order valence-corrected chi connectivity index (χ3v) is 3.13. The molecule has 0 saturated heterocycles. The third kappa shape index (κ3) is 3.71. The van der Waals surface area contributed by atoms with Crippen LogP contribution in [0.4, 0.5) is 0 Å². The fourth-order valence-electron chi connectivity index (χ4n) is 2.17. The molecule has 0 spiro atoms. The van der Waals surface area contributed by atoms with E-state index >= 15 is 0 Å². The number of aromatic nitrogens is 2. The van der Waals surface area contributed by atoms with Crippen molar-refractivity contribution < 1.29 is 4.74 Å². The lowest BCUT2D eigenvalue weighted by Gasteiger charge is -2.18. The molecule has 1 aromatic rings. The van der Waals surface area contributed by atoms with Gasteiger partial charge in [-0.3, -0.25) is 16.0 Å². The van der Waals surface area contributed by atoms with Crippen LogP contribution < -0.4 is 16.0 Å². The van der Waals surface area contributed by atoms with Crippen LogP contribution in [-0.2, 0) is 6.54 Å². The largest absolute Gasteiger partial charge is 0.493 e. The van der Waals surface area contributed by atoms with Crippen molar-refractivity contribution in [3.8, 4) is 5.75 Å². The van der Waals surface area contributed by atoms with Crippen molar-refractivity contribution >= 4 is 0 Å². The topological polar surface area (TPSA) is 65.1 Å². The molecule has 0 saturated carbocycles. The van der Waals surface area contributed by atoms with Gasteiger partial charge in [-0.25, -0.2) is 0 Å². The Morgan fingerprint density at radius 3 is 2.72 bits per heavy atom. The number of nitrogens with zero attached hydrogens (tertiary/aromatic N) is 2. The van der Waals surface area contributed by atoms with Crippen LogP contribution >= 0.6 is 0 Å². The Hall–Kier alpha value is -1.07. The minimum Gasteiger partial charge on any atom is -0.493 e. The Balaban J connectivity index is 2.83. The van der Waals surface area contributed by atoms with Gasteiger partial charge in [0.2, 0.25) is 0 Å². The minimum atomic E-state index is 0.112. The van der Waals surface area contributed by atoms with Crippen molar-refractivity contribution in [3.05, 3.63) is 11.9 Å². The molecule has 0 radical (unpaired) electrons. The van der Waals surface area contributed by atoms with Crippen LogP contribution in [0.25, 0.3) is 0 Å². The lowest BCUT2D eigenvalue weighted by Crippen LogP contribution is -2.30. The van der Waals surface area contributed by atoms with E-state index in [0.717, 1.165) is 37.3 Å². The van der Waals surface area contributed by atoms with Gasteiger partial charge >= 0.3 is 0 Å². The zero-order valence-electron chi connectivity index (χ0n) is 11.8. The van der Waals surface area contributed by atoms with E-state index in [9.17, 15) is 0 Å². The minimum absolute atomic E-state index is 0.112. The normalized spacial score (nSPS) is 12.7. The predicted octanol–water partition coefficient (Wildman–Crippen LogP) is 2.39. The molecule has 3 N–H and O–H groups in total. The van der Waals surface area contributed by atoms with E-state index in [1.165, 1.54) is 12.8 Å². The monoisotopic (exact) mass is 254 g/mol. The fourth-order valence-corrected chi connectivity index (χ4v) is 2.17. The number of hydrazine groups is 1. The van der Waals surface area contributed by atoms with E-state index in [-0.39, 0.29) is 6.04 Å². The molecular formula is C13H26N4O. The number of ether oxygens (including phenoxy) is 1. The summed E-state index contributed by atoms with van der Waals surface area (Å²) in [7, 11) is 1.68. The molecule has 104 valence electrons. The molecule has 5 nitrogen and oxygen atoms in total. The Kier molecular flexibility index (Phi) is 6.75. The predicted molar refractivity (Wildman–Crippen MR) is 73.3 cm³/mol. The first kappa shape index (κ1) is 15.0. The quantitative estimate of drug-likeness (QED) is 0.403. The maximum absolute atomic E-state index is 5.69. The van der Waals surface area contributed by atoms with Gasteiger partial charge in [0.05, 0.1) is 25.0 Å². The second-order valence-electron chi connectivity index (χ2n) is 4.54. The summed E-state index contributed by atoms with van der Waals surface area (Å²) in [5.41, 5.74) is 3.96. The molecule has 1 rings (SSSR count). The van der Waals surface area contributed by atoms with Gasteiger partial charge in [-0.2, -0.15) is 5.10 Å². The zero-order chi connectivity index (χ0) is 13.4. The van der Waals surface area contributed by atoms with Crippen molar-refractivity contribution in [1.29, 1.82) is 0 Å². The molecule has 0 aliphatic rings. The summed E-state index contributed by atoms with van der Waals surface area (Å²) in [6, 6.07) is 0.112. The highest BCUT2D eigenvalue weighted by atomic mass is 16.5. The highest BCUT2D eigenvalue weighted by molar-refractivity contribution is 5.28. The SMILES string of the molecule is CCCCCC(NN)c1c(OC)cnn1CCC. The summed E-state index contributed by atoms with van der Waals surface area (Å²) < 4.78 is 7.38. The summed E-state index contributed by atoms with van der Waals surface area (Å²) in [6.45, 7) is 5.23. The van der Waals surface area contributed by atoms with E-state index in [1.54, 1.807) is 13.3 Å². The van der Waals surface area contributed by atoms with E-state index in [2.05, 4.69) is 24.4 Å². The van der Waals surface area contributed by atoms with E-state index in [0.29, 0.717) is 0 Å². The molecular weight excluding hydrogens is 228 g/mol. The van der Waals surface area contributed by atoms with E-state index in [1.807, 2.05) is 4.68 Å². The van der Waals surface area contributed by atoms with E-state index < -0.39 is 0 Å². The maximum atomic E-state index is 5.69. The Morgan fingerprint density at radius 1 is 1.39 bits per heavy atom. The molecule has 0 bridgehead atoms. The fraction of sp³-hybridized carbons (Fsp3) is 0.769. The van der Waals surface area contributed by atoms with Gasteiger partial charge in [0.1, 0.15) is 0 Å². The molecule has 5 heteroatoms. The molecule has 1 unspecified atom stereocenters. The highest BCUT2D eigenvalue weighted by Gasteiger charge is 2.20. The first-order chi connectivity index (χ1) is 8.78. The Labute approximate surface area is 110 Å². The van der Waals surface area contributed by atoms with Crippen LogP contribution in [0.1, 0.15) is 57.7 Å². The number of unbranched alkanes of at least 4 members (excludes halogenated alkanes) is 2. The van der Waals surface area contributed by atoms with Gasteiger partial charge < -0.3 is 4.74 Å². The van der Waals surface area contributed by atoms with Gasteiger partial charge in [-0.05, 0) is 12.8 Å². The number of hydrogen-bond donors (Lipinski definition) is 2. The van der Waals surface area contributed by atoms with Gasteiger partial charge in [-0.15, -0.1) is 0 Å². The van der Waals surface area contributed by atoms with Crippen molar-refractivity contribution in [3.63, 3.8) is 0 Å². The van der Waals surface area contributed by atoms with Crippen molar-refractivity contribution in [1.82, 2.24) is 15.2 Å². The molecule has 1 aromatic heterocycles. The smallest absolute Gasteiger partial charge is 0.161 e. The first-order valence-electron chi connectivity index (χ1n) is 6.84. The van der Waals surface area contributed by atoms with Gasteiger partial charge in [0, 0.05) is 6.54 Å². The van der Waals surface area contributed by atoms with Crippen LogP contribution in [0.2, 0.25) is 0 Å². The van der Waals surface area contributed by atoms with Crippen LogP contribution in [0.5, 0.6) is 5.75 Å². The second kappa shape index (κ2) is 8.11. The average molecular weight is 254 g/mol. The summed E-state index contributed by atoms with van der Waals surface area (Å²) in [5.74, 6) is 6.51. The third-order valence-electron chi connectivity index (χ3n) is 3.13. The molecule has 0 aromatic carbocycles. The molecule has 0 amide bonds. The van der Waals surface area contributed by atoms with Gasteiger partial charge in [0.25, 0.3) is 0 Å². The van der Waals surface area contributed by atoms with E-state index in [4.69, 9.17) is 10.6 Å². The number of nitrogens with two attached hydrogens (primary N) is 1. The highest BCUT2D eigenvalue weighted by Crippen LogP contribution is 2.28. The number of hydrogen-bond acceptors (Lipinski definition) is 4. The van der Waals surface area contributed by atoms with Crippen LogP contribution in [0.15, 0.2) is 6.20 Å². The lowest BCUT2D eigenvalue weighted by atomic mass is 10.1. The van der Waals surface area contributed by atoms with Gasteiger partial charge in [0.15, 0.2) is 5.75 Å². The number of methoxy groups -OCH3 is 1. The van der Waals surface area contributed by atoms with Crippen molar-refractivity contribution in [2.75, 3.05) is 7.11 Å². The van der Waals surface area contributed by atoms with Crippen LogP contribution in [0.3, 0.4) is 0 Å².